The molecule has 0 aliphatic carbocycles. The van der Waals surface area contributed by atoms with Gasteiger partial charge in [-0.3, -0.25) is 9.59 Å². The van der Waals surface area contributed by atoms with E-state index in [0.29, 0.717) is 45.1 Å². The zero-order valence-corrected chi connectivity index (χ0v) is 13.8. The van der Waals surface area contributed by atoms with Gasteiger partial charge < -0.3 is 14.5 Å². The van der Waals surface area contributed by atoms with E-state index in [1.165, 1.54) is 11.3 Å². The van der Waals surface area contributed by atoms with Gasteiger partial charge in [-0.2, -0.15) is 11.3 Å². The van der Waals surface area contributed by atoms with Crippen molar-refractivity contribution >= 4 is 23.2 Å². The summed E-state index contributed by atoms with van der Waals surface area (Å²) >= 11 is 1.51. The predicted octanol–water partition coefficient (Wildman–Crippen LogP) is 0.509. The van der Waals surface area contributed by atoms with Crippen molar-refractivity contribution < 1.29 is 14.3 Å². The largest absolute Gasteiger partial charge is 0.378 e. The van der Waals surface area contributed by atoms with E-state index in [4.69, 9.17) is 4.74 Å². The molecular formula is C15H17N5O3S. The third-order valence-electron chi connectivity index (χ3n) is 4.32. The molecule has 8 nitrogen and oxygen atoms in total. The molecule has 0 saturated carbocycles. The van der Waals surface area contributed by atoms with Crippen molar-refractivity contribution in [2.45, 2.75) is 6.04 Å². The molecule has 4 rings (SSSR count). The standard InChI is InChI=1S/C15H17N5O3S/c21-14(11-1-6-24-10-11)19-7-12(8-19)20-9-13(16-17-20)15(22)18-2-4-23-5-3-18/h1,6,9-10,12H,2-5,7-8H2. The zero-order chi connectivity index (χ0) is 16.5. The van der Waals surface area contributed by atoms with Gasteiger partial charge in [0.1, 0.15) is 0 Å². The number of carbonyl (C=O) groups excluding carboxylic acids is 2. The van der Waals surface area contributed by atoms with E-state index in [9.17, 15) is 9.59 Å². The van der Waals surface area contributed by atoms with Crippen LogP contribution in [0.4, 0.5) is 0 Å². The molecule has 0 N–H and O–H groups in total. The summed E-state index contributed by atoms with van der Waals surface area (Å²) in [6.45, 7) is 3.45. The first-order valence-electron chi connectivity index (χ1n) is 7.82. The van der Waals surface area contributed by atoms with E-state index in [0.717, 1.165) is 5.56 Å². The minimum absolute atomic E-state index is 0.0391. The number of ether oxygens (including phenoxy) is 1. The van der Waals surface area contributed by atoms with E-state index in [2.05, 4.69) is 10.3 Å². The molecule has 0 bridgehead atoms. The van der Waals surface area contributed by atoms with Crippen molar-refractivity contribution in [1.82, 2.24) is 24.8 Å². The number of aromatic nitrogens is 3. The Morgan fingerprint density at radius 1 is 1.17 bits per heavy atom. The van der Waals surface area contributed by atoms with Crippen LogP contribution in [0.5, 0.6) is 0 Å². The van der Waals surface area contributed by atoms with Crippen molar-refractivity contribution in [2.24, 2.45) is 0 Å². The second-order valence-corrected chi connectivity index (χ2v) is 6.64. The van der Waals surface area contributed by atoms with E-state index >= 15 is 0 Å². The van der Waals surface area contributed by atoms with Crippen LogP contribution in [0.2, 0.25) is 0 Å². The third-order valence-corrected chi connectivity index (χ3v) is 5.00. The molecule has 2 aromatic heterocycles. The predicted molar refractivity (Wildman–Crippen MR) is 86.0 cm³/mol. The molecule has 2 amide bonds. The lowest BCUT2D eigenvalue weighted by molar-refractivity contribution is 0.0298. The molecule has 0 unspecified atom stereocenters. The molecule has 4 heterocycles. The first-order chi connectivity index (χ1) is 11.7. The summed E-state index contributed by atoms with van der Waals surface area (Å²) in [6, 6.07) is 1.90. The Bertz CT molecular complexity index is 732. The molecule has 24 heavy (non-hydrogen) atoms. The Morgan fingerprint density at radius 3 is 2.67 bits per heavy atom. The maximum atomic E-state index is 12.4. The van der Waals surface area contributed by atoms with E-state index in [1.54, 1.807) is 20.7 Å². The van der Waals surface area contributed by atoms with Gasteiger partial charge in [-0.25, -0.2) is 4.68 Å². The third kappa shape index (κ3) is 2.80. The second kappa shape index (κ2) is 6.33. The number of thiophene rings is 1. The van der Waals surface area contributed by atoms with E-state index in [-0.39, 0.29) is 17.9 Å². The van der Waals surface area contributed by atoms with Crippen LogP contribution in [0.1, 0.15) is 26.9 Å². The lowest BCUT2D eigenvalue weighted by Gasteiger charge is -2.38. The van der Waals surface area contributed by atoms with Crippen LogP contribution in [0.25, 0.3) is 0 Å². The van der Waals surface area contributed by atoms with Crippen molar-refractivity contribution in [3.63, 3.8) is 0 Å². The number of likely N-dealkylation sites (tertiary alicyclic amines) is 1. The van der Waals surface area contributed by atoms with E-state index < -0.39 is 0 Å². The second-order valence-electron chi connectivity index (χ2n) is 5.86. The maximum Gasteiger partial charge on any atom is 0.276 e. The van der Waals surface area contributed by atoms with Gasteiger partial charge in [-0.15, -0.1) is 5.10 Å². The fourth-order valence-electron chi connectivity index (χ4n) is 2.84. The normalized spacial score (nSPS) is 18.5. The number of nitrogens with zero attached hydrogens (tertiary/aromatic N) is 5. The summed E-state index contributed by atoms with van der Waals surface area (Å²) in [5, 5.41) is 11.8. The molecule has 0 spiro atoms. The maximum absolute atomic E-state index is 12.4. The number of rotatable bonds is 3. The average molecular weight is 347 g/mol. The van der Waals surface area contributed by atoms with Crippen LogP contribution in [0.3, 0.4) is 0 Å². The number of amides is 2. The van der Waals surface area contributed by atoms with Crippen molar-refractivity contribution in [2.75, 3.05) is 39.4 Å². The monoisotopic (exact) mass is 347 g/mol. The number of hydrogen-bond acceptors (Lipinski definition) is 6. The van der Waals surface area contributed by atoms with Crippen LogP contribution in [0.15, 0.2) is 23.0 Å². The van der Waals surface area contributed by atoms with Crippen LogP contribution in [-0.2, 0) is 4.74 Å². The minimum Gasteiger partial charge on any atom is -0.378 e. The molecule has 0 radical (unpaired) electrons. The number of hydrogen-bond donors (Lipinski definition) is 0. The lowest BCUT2D eigenvalue weighted by atomic mass is 10.1. The molecule has 2 saturated heterocycles. The molecule has 0 aromatic carbocycles. The van der Waals surface area contributed by atoms with Crippen LogP contribution in [-0.4, -0.2) is 76.0 Å². The Hall–Kier alpha value is -2.26. The van der Waals surface area contributed by atoms with E-state index in [1.807, 2.05) is 16.8 Å². The van der Waals surface area contributed by atoms with Crippen molar-refractivity contribution in [3.05, 3.63) is 34.3 Å². The first-order valence-corrected chi connectivity index (χ1v) is 8.77. The lowest BCUT2D eigenvalue weighted by Crippen LogP contribution is -2.50. The van der Waals surface area contributed by atoms with Crippen LogP contribution >= 0.6 is 11.3 Å². The van der Waals surface area contributed by atoms with Crippen LogP contribution < -0.4 is 0 Å². The number of morpholine rings is 1. The molecule has 126 valence electrons. The summed E-state index contributed by atoms with van der Waals surface area (Å²) < 4.78 is 6.93. The van der Waals surface area contributed by atoms with Gasteiger partial charge in [0, 0.05) is 31.6 Å². The summed E-state index contributed by atoms with van der Waals surface area (Å²) in [4.78, 5) is 28.1. The summed E-state index contributed by atoms with van der Waals surface area (Å²) in [5.74, 6) is -0.0766. The highest BCUT2D eigenvalue weighted by Gasteiger charge is 2.34. The molecule has 2 aliphatic rings. The van der Waals surface area contributed by atoms with Crippen molar-refractivity contribution in [1.29, 1.82) is 0 Å². The molecule has 0 atom stereocenters. The average Bonchev–Trinajstić information content (AvgIpc) is 3.25. The van der Waals surface area contributed by atoms with Gasteiger partial charge >= 0.3 is 0 Å². The molecule has 2 fully saturated rings. The highest BCUT2D eigenvalue weighted by molar-refractivity contribution is 7.08. The topological polar surface area (TPSA) is 80.6 Å². The summed E-state index contributed by atoms with van der Waals surface area (Å²) in [7, 11) is 0. The Morgan fingerprint density at radius 2 is 1.96 bits per heavy atom. The van der Waals surface area contributed by atoms with Gasteiger partial charge in [0.25, 0.3) is 11.8 Å². The van der Waals surface area contributed by atoms with Gasteiger partial charge in [0.2, 0.25) is 0 Å². The smallest absolute Gasteiger partial charge is 0.276 e. The fourth-order valence-corrected chi connectivity index (χ4v) is 3.47. The quantitative estimate of drug-likeness (QED) is 0.808. The molecular weight excluding hydrogens is 330 g/mol. The summed E-state index contributed by atoms with van der Waals surface area (Å²) in [5.41, 5.74) is 1.07. The Labute approximate surface area is 142 Å². The van der Waals surface area contributed by atoms with Gasteiger partial charge in [-0.1, -0.05) is 5.21 Å². The van der Waals surface area contributed by atoms with Gasteiger partial charge in [0.05, 0.1) is 31.0 Å². The highest BCUT2D eigenvalue weighted by Crippen LogP contribution is 2.23. The molecule has 9 heteroatoms. The number of carbonyl (C=O) groups is 2. The SMILES string of the molecule is O=C(c1ccsc1)N1CC(n2cc(C(=O)N3CCOCC3)nn2)C1. The summed E-state index contributed by atoms with van der Waals surface area (Å²) in [6.07, 6.45) is 1.68. The van der Waals surface area contributed by atoms with Crippen LogP contribution in [0, 0.1) is 0 Å². The Balaban J connectivity index is 1.36. The van der Waals surface area contributed by atoms with Gasteiger partial charge in [0.15, 0.2) is 5.69 Å². The Kier molecular flexibility index (Phi) is 4.03. The van der Waals surface area contributed by atoms with Crippen molar-refractivity contribution in [3.8, 4) is 0 Å². The molecule has 2 aromatic rings. The molecule has 2 aliphatic heterocycles. The van der Waals surface area contributed by atoms with Gasteiger partial charge in [-0.05, 0) is 11.4 Å². The zero-order valence-electron chi connectivity index (χ0n) is 13.0. The fraction of sp³-hybridized carbons (Fsp3) is 0.467. The first kappa shape index (κ1) is 15.3. The minimum atomic E-state index is -0.116. The highest BCUT2D eigenvalue weighted by atomic mass is 32.1.